The van der Waals surface area contributed by atoms with Crippen molar-refractivity contribution in [2.75, 3.05) is 6.61 Å². The van der Waals surface area contributed by atoms with E-state index in [1.165, 1.54) is 0 Å². The zero-order chi connectivity index (χ0) is 29.0. The van der Waals surface area contributed by atoms with Gasteiger partial charge < -0.3 is 14.9 Å². The summed E-state index contributed by atoms with van der Waals surface area (Å²) >= 11 is 0. The Labute approximate surface area is 230 Å². The molecule has 39 heavy (non-hydrogen) atoms. The molecule has 4 fully saturated rings. The van der Waals surface area contributed by atoms with Gasteiger partial charge in [-0.15, -0.1) is 0 Å². The molecule has 1 unspecified atom stereocenters. The van der Waals surface area contributed by atoms with E-state index >= 15 is 0 Å². The molecule has 4 saturated carbocycles. The third-order valence-corrected chi connectivity index (χ3v) is 12.5. The van der Waals surface area contributed by atoms with E-state index in [9.17, 15) is 36.6 Å². The number of aliphatic hydroxyl groups is 2. The highest BCUT2D eigenvalue weighted by atomic mass is 32.2. The van der Waals surface area contributed by atoms with Crippen LogP contribution in [0.4, 0.5) is 13.2 Å². The van der Waals surface area contributed by atoms with Gasteiger partial charge in [-0.2, -0.15) is 17.2 Å². The van der Waals surface area contributed by atoms with E-state index in [4.69, 9.17) is 9.29 Å². The number of rotatable bonds is 9. The van der Waals surface area contributed by atoms with Gasteiger partial charge in [0.05, 0.1) is 18.8 Å². The quantitative estimate of drug-likeness (QED) is 0.254. The first-order valence-electron chi connectivity index (χ1n) is 14.5. The maximum Gasteiger partial charge on any atom is 0.400 e. The van der Waals surface area contributed by atoms with Gasteiger partial charge in [-0.25, -0.2) is 4.39 Å². The zero-order valence-corrected chi connectivity index (χ0v) is 24.0. The van der Waals surface area contributed by atoms with Crippen LogP contribution < -0.4 is 0 Å². The van der Waals surface area contributed by atoms with Gasteiger partial charge in [0.15, 0.2) is 6.17 Å². The fraction of sp³-hybridized carbons (Fsp3) is 0.964. The lowest BCUT2D eigenvalue weighted by atomic mass is 9.43. The largest absolute Gasteiger partial charge is 0.466 e. The number of fused-ring (bicyclic) bond motifs is 5. The highest BCUT2D eigenvalue weighted by Crippen LogP contribution is 2.68. The van der Waals surface area contributed by atoms with Crippen LogP contribution in [0.2, 0.25) is 0 Å². The Balaban J connectivity index is 1.31. The summed E-state index contributed by atoms with van der Waals surface area (Å²) < 4.78 is 74.9. The molecule has 0 saturated heterocycles. The molecular formula is C28H45F3O7S. The molecule has 0 aliphatic heterocycles. The lowest BCUT2D eigenvalue weighted by Crippen LogP contribution is -2.58. The van der Waals surface area contributed by atoms with Crippen LogP contribution in [0.1, 0.15) is 91.4 Å². The molecule has 0 heterocycles. The van der Waals surface area contributed by atoms with Gasteiger partial charge in [0.1, 0.15) is 0 Å². The third kappa shape index (κ3) is 5.63. The van der Waals surface area contributed by atoms with Crippen LogP contribution in [-0.2, 0) is 19.6 Å². The van der Waals surface area contributed by atoms with Crippen LogP contribution in [0.3, 0.4) is 0 Å². The van der Waals surface area contributed by atoms with E-state index in [1.54, 1.807) is 0 Å². The smallest absolute Gasteiger partial charge is 0.400 e. The second-order valence-corrected chi connectivity index (χ2v) is 15.0. The number of ether oxygens (including phenoxy) is 1. The molecule has 3 N–H and O–H groups in total. The number of aliphatic hydroxyl groups excluding tert-OH is 2. The van der Waals surface area contributed by atoms with Crippen molar-refractivity contribution in [1.29, 1.82) is 0 Å². The van der Waals surface area contributed by atoms with Crippen LogP contribution >= 0.6 is 0 Å². The first-order valence-corrected chi connectivity index (χ1v) is 16.0. The second-order valence-electron chi connectivity index (χ2n) is 13.5. The number of hydrogen-bond donors (Lipinski definition) is 3. The molecular weight excluding hydrogens is 537 g/mol. The molecule has 0 amide bonds. The van der Waals surface area contributed by atoms with Crippen molar-refractivity contribution in [3.8, 4) is 0 Å². The second kappa shape index (κ2) is 11.1. The van der Waals surface area contributed by atoms with E-state index in [0.717, 1.165) is 51.4 Å². The average molecular weight is 583 g/mol. The Morgan fingerprint density at radius 3 is 2.33 bits per heavy atom. The lowest BCUT2D eigenvalue weighted by molar-refractivity contribution is -0.174. The maximum atomic E-state index is 13.6. The molecule has 4 aliphatic rings. The van der Waals surface area contributed by atoms with Crippen molar-refractivity contribution in [3.63, 3.8) is 0 Å². The van der Waals surface area contributed by atoms with E-state index in [1.807, 2.05) is 0 Å². The van der Waals surface area contributed by atoms with Crippen molar-refractivity contribution < 1.29 is 45.9 Å². The first-order chi connectivity index (χ1) is 18.0. The van der Waals surface area contributed by atoms with Crippen LogP contribution in [0.5, 0.6) is 0 Å². The number of carbonyl (C=O) groups is 1. The normalized spacial score (nSPS) is 42.1. The van der Waals surface area contributed by atoms with Gasteiger partial charge in [0.2, 0.25) is 0 Å². The van der Waals surface area contributed by atoms with Crippen molar-refractivity contribution in [3.05, 3.63) is 0 Å². The number of halogens is 3. The molecule has 11 heteroatoms. The summed E-state index contributed by atoms with van der Waals surface area (Å²) in [5.41, 5.74) is 0.202. The molecule has 0 aromatic rings. The summed E-state index contributed by atoms with van der Waals surface area (Å²) in [6, 6.07) is 0. The van der Waals surface area contributed by atoms with Gasteiger partial charge in [0.25, 0.3) is 0 Å². The van der Waals surface area contributed by atoms with Crippen LogP contribution in [-0.4, -0.2) is 59.4 Å². The molecule has 226 valence electrons. The van der Waals surface area contributed by atoms with Gasteiger partial charge >= 0.3 is 21.3 Å². The van der Waals surface area contributed by atoms with E-state index in [0.29, 0.717) is 30.1 Å². The third-order valence-electron chi connectivity index (χ3n) is 11.6. The number of esters is 1. The van der Waals surface area contributed by atoms with Crippen LogP contribution in [0.15, 0.2) is 0 Å². The minimum Gasteiger partial charge on any atom is -0.466 e. The summed E-state index contributed by atoms with van der Waals surface area (Å²) in [7, 11) is -5.90. The number of alkyl halides is 3. The standard InChI is InChI=1S/C28H45F3O7S/c1-16(4-7-24(34)38-13-10-23(29)28(30,31)39(35,36)37)19-5-6-20-25-21(9-12-27(19,20)3)26(2)11-8-18(32)14-17(26)15-22(25)33/h16-23,25,32-33H,4-15H2,1-3H3,(H,35,36,37)/t16-,17+,18-,19-,20+,21+,22+,23?,25+,26+,27-/m1/s1. The number of carbonyl (C=O) groups excluding carboxylic acids is 1. The monoisotopic (exact) mass is 582 g/mol. The van der Waals surface area contributed by atoms with Crippen LogP contribution in [0, 0.1) is 46.3 Å². The molecule has 4 aliphatic carbocycles. The van der Waals surface area contributed by atoms with Crippen molar-refractivity contribution in [2.45, 2.75) is 115 Å². The summed E-state index contributed by atoms with van der Waals surface area (Å²) in [5, 5.41) is 16.7. The van der Waals surface area contributed by atoms with Gasteiger partial charge in [-0.1, -0.05) is 20.8 Å². The zero-order valence-electron chi connectivity index (χ0n) is 23.2. The molecule has 0 bridgehead atoms. The van der Waals surface area contributed by atoms with Crippen molar-refractivity contribution in [1.82, 2.24) is 0 Å². The fourth-order valence-corrected chi connectivity index (χ4v) is 9.84. The summed E-state index contributed by atoms with van der Waals surface area (Å²) in [6.45, 7) is 6.12. The molecule has 4 rings (SSSR count). The first kappa shape index (κ1) is 31.0. The van der Waals surface area contributed by atoms with E-state index in [2.05, 4.69) is 20.8 Å². The average Bonchev–Trinajstić information content (AvgIpc) is 3.20. The Morgan fingerprint density at radius 1 is 1.03 bits per heavy atom. The summed E-state index contributed by atoms with van der Waals surface area (Å²) in [5.74, 6) is 1.36. The summed E-state index contributed by atoms with van der Waals surface area (Å²) in [6.07, 6.45) is 3.27. The SMILES string of the molecule is C[C@H](CCC(=O)OCCC(F)C(F)(F)S(=O)(=O)O)[C@H]1CC[C@H]2[C@@H]3[C@@H](O)C[C@@H]4C[C@H](O)CC[C@]4(C)[C@H]3CC[C@]12C. The van der Waals surface area contributed by atoms with Gasteiger partial charge in [0, 0.05) is 12.8 Å². The van der Waals surface area contributed by atoms with E-state index in [-0.39, 0.29) is 41.3 Å². The maximum absolute atomic E-state index is 13.6. The Kier molecular flexibility index (Phi) is 8.80. The molecule has 11 atom stereocenters. The number of hydrogen-bond acceptors (Lipinski definition) is 6. The Hall–Kier alpha value is -0.910. The van der Waals surface area contributed by atoms with Crippen molar-refractivity contribution >= 4 is 16.1 Å². The highest BCUT2D eigenvalue weighted by molar-refractivity contribution is 7.86. The highest BCUT2D eigenvalue weighted by Gasteiger charge is 2.62. The van der Waals surface area contributed by atoms with Crippen molar-refractivity contribution in [2.24, 2.45) is 46.3 Å². The minimum absolute atomic E-state index is 0.0425. The van der Waals surface area contributed by atoms with Gasteiger partial charge in [-0.3, -0.25) is 9.35 Å². The van der Waals surface area contributed by atoms with Crippen LogP contribution in [0.25, 0.3) is 0 Å². The molecule has 7 nitrogen and oxygen atoms in total. The lowest BCUT2D eigenvalue weighted by Gasteiger charge is -2.62. The topological polar surface area (TPSA) is 121 Å². The Morgan fingerprint density at radius 2 is 1.67 bits per heavy atom. The molecule has 0 spiro atoms. The molecule has 0 radical (unpaired) electrons. The minimum atomic E-state index is -5.90. The predicted octanol–water partition coefficient (Wildman–Crippen LogP) is 5.15. The predicted molar refractivity (Wildman–Crippen MR) is 138 cm³/mol. The summed E-state index contributed by atoms with van der Waals surface area (Å²) in [4.78, 5) is 12.2. The molecule has 0 aromatic carbocycles. The molecule has 0 aromatic heterocycles. The fourth-order valence-electron chi connectivity index (χ4n) is 9.40. The van der Waals surface area contributed by atoms with E-state index < -0.39 is 40.5 Å². The Bertz CT molecular complexity index is 1010. The van der Waals surface area contributed by atoms with Gasteiger partial charge in [-0.05, 0) is 104 Å².